The predicted octanol–water partition coefficient (Wildman–Crippen LogP) is -0.770. The standard InChI is InChI=1S/C12H15N3O4/c13-11-6-2-4-15(7(6)1-3-14-11)12-10(18)9(17)8(5-16)19-12/h1-4,8-10,12,16-18H,5H2,(H2,13,14)/t8-,9-,10-,12-/m1/s1. The van der Waals surface area contributed by atoms with Crippen LogP contribution in [0.15, 0.2) is 24.5 Å². The summed E-state index contributed by atoms with van der Waals surface area (Å²) in [5.74, 6) is 0.392. The molecule has 4 atom stereocenters. The van der Waals surface area contributed by atoms with E-state index in [1.165, 1.54) is 0 Å². The van der Waals surface area contributed by atoms with Gasteiger partial charge in [0.2, 0.25) is 0 Å². The molecule has 0 aromatic carbocycles. The Labute approximate surface area is 108 Å². The number of nitrogens with zero attached hydrogens (tertiary/aromatic N) is 2. The van der Waals surface area contributed by atoms with Gasteiger partial charge in [-0.3, -0.25) is 0 Å². The third-order valence-corrected chi connectivity index (χ3v) is 3.47. The van der Waals surface area contributed by atoms with E-state index in [2.05, 4.69) is 4.98 Å². The molecule has 0 spiro atoms. The lowest BCUT2D eigenvalue weighted by Crippen LogP contribution is -2.33. The SMILES string of the molecule is Nc1nccc2c1ccn2[C@@H]1O[C@H](CO)[C@@H](O)[C@H]1O. The molecule has 1 aliphatic heterocycles. The lowest BCUT2D eigenvalue weighted by Gasteiger charge is -2.17. The quantitative estimate of drug-likeness (QED) is 0.567. The Balaban J connectivity index is 2.04. The summed E-state index contributed by atoms with van der Waals surface area (Å²) in [6.07, 6.45) is -0.504. The van der Waals surface area contributed by atoms with Crippen LogP contribution in [0, 0.1) is 0 Å². The zero-order chi connectivity index (χ0) is 13.6. The van der Waals surface area contributed by atoms with Crippen molar-refractivity contribution < 1.29 is 20.1 Å². The first kappa shape index (κ1) is 12.4. The van der Waals surface area contributed by atoms with Crippen LogP contribution in [0.5, 0.6) is 0 Å². The fourth-order valence-corrected chi connectivity index (χ4v) is 2.44. The van der Waals surface area contributed by atoms with Gasteiger partial charge >= 0.3 is 0 Å². The summed E-state index contributed by atoms with van der Waals surface area (Å²) in [6, 6.07) is 3.52. The van der Waals surface area contributed by atoms with Crippen LogP contribution in [0.1, 0.15) is 6.23 Å². The third-order valence-electron chi connectivity index (χ3n) is 3.47. The van der Waals surface area contributed by atoms with Crippen molar-refractivity contribution in [2.75, 3.05) is 12.3 Å². The van der Waals surface area contributed by atoms with Crippen molar-refractivity contribution in [3.8, 4) is 0 Å². The highest BCUT2D eigenvalue weighted by Crippen LogP contribution is 2.33. The largest absolute Gasteiger partial charge is 0.394 e. The number of aliphatic hydroxyl groups is 3. The van der Waals surface area contributed by atoms with E-state index in [1.807, 2.05) is 0 Å². The van der Waals surface area contributed by atoms with Gasteiger partial charge < -0.3 is 30.4 Å². The van der Waals surface area contributed by atoms with Crippen LogP contribution in [-0.2, 0) is 4.74 Å². The predicted molar refractivity (Wildman–Crippen MR) is 67.2 cm³/mol. The molecular weight excluding hydrogens is 250 g/mol. The van der Waals surface area contributed by atoms with Gasteiger partial charge in [0.15, 0.2) is 6.23 Å². The number of nitrogen functional groups attached to an aromatic ring is 1. The van der Waals surface area contributed by atoms with Crippen molar-refractivity contribution in [2.24, 2.45) is 0 Å². The number of ether oxygens (including phenoxy) is 1. The Morgan fingerprint density at radius 2 is 2.11 bits per heavy atom. The molecule has 19 heavy (non-hydrogen) atoms. The minimum atomic E-state index is -1.12. The number of nitrogens with two attached hydrogens (primary N) is 1. The highest BCUT2D eigenvalue weighted by molar-refractivity contribution is 5.89. The second-order valence-corrected chi connectivity index (χ2v) is 4.58. The average Bonchev–Trinajstić information content (AvgIpc) is 2.94. The minimum Gasteiger partial charge on any atom is -0.394 e. The Kier molecular flexibility index (Phi) is 2.90. The van der Waals surface area contributed by atoms with Gasteiger partial charge in [0.25, 0.3) is 0 Å². The maximum Gasteiger partial charge on any atom is 0.163 e. The van der Waals surface area contributed by atoms with Crippen LogP contribution in [0.4, 0.5) is 5.82 Å². The molecule has 1 fully saturated rings. The van der Waals surface area contributed by atoms with E-state index >= 15 is 0 Å². The van der Waals surface area contributed by atoms with Crippen LogP contribution in [0.3, 0.4) is 0 Å². The number of aromatic nitrogens is 2. The zero-order valence-corrected chi connectivity index (χ0v) is 10.0. The van der Waals surface area contributed by atoms with Crippen molar-refractivity contribution in [2.45, 2.75) is 24.5 Å². The molecule has 7 heteroatoms. The van der Waals surface area contributed by atoms with Crippen LogP contribution < -0.4 is 5.73 Å². The smallest absolute Gasteiger partial charge is 0.163 e. The van der Waals surface area contributed by atoms with E-state index in [-0.39, 0.29) is 6.61 Å². The van der Waals surface area contributed by atoms with E-state index in [9.17, 15) is 10.2 Å². The summed E-state index contributed by atoms with van der Waals surface area (Å²) in [7, 11) is 0. The number of hydrogen-bond acceptors (Lipinski definition) is 6. The number of aliphatic hydroxyl groups excluding tert-OH is 3. The summed E-state index contributed by atoms with van der Waals surface area (Å²) < 4.78 is 7.16. The van der Waals surface area contributed by atoms with Crippen molar-refractivity contribution in [3.63, 3.8) is 0 Å². The molecule has 1 aliphatic rings. The Hall–Kier alpha value is -1.67. The Morgan fingerprint density at radius 3 is 2.79 bits per heavy atom. The second-order valence-electron chi connectivity index (χ2n) is 4.58. The van der Waals surface area contributed by atoms with Crippen LogP contribution in [0.25, 0.3) is 10.9 Å². The van der Waals surface area contributed by atoms with Gasteiger partial charge in [-0.05, 0) is 12.1 Å². The molecule has 2 aromatic heterocycles. The number of anilines is 1. The van der Waals surface area contributed by atoms with E-state index in [0.717, 1.165) is 10.9 Å². The molecule has 0 radical (unpaired) electrons. The number of pyridine rings is 1. The first-order chi connectivity index (χ1) is 9.13. The van der Waals surface area contributed by atoms with Gasteiger partial charge in [0, 0.05) is 17.8 Å². The highest BCUT2D eigenvalue weighted by atomic mass is 16.6. The monoisotopic (exact) mass is 265 g/mol. The van der Waals surface area contributed by atoms with Gasteiger partial charge in [-0.1, -0.05) is 0 Å². The Morgan fingerprint density at radius 1 is 1.32 bits per heavy atom. The van der Waals surface area contributed by atoms with Crippen molar-refractivity contribution in [1.29, 1.82) is 0 Å². The molecule has 0 aliphatic carbocycles. The first-order valence-electron chi connectivity index (χ1n) is 5.97. The van der Waals surface area contributed by atoms with E-state index < -0.39 is 24.5 Å². The van der Waals surface area contributed by atoms with Gasteiger partial charge in [-0.2, -0.15) is 0 Å². The Bertz CT molecular complexity index is 600. The molecule has 0 saturated carbocycles. The molecule has 5 N–H and O–H groups in total. The van der Waals surface area contributed by atoms with Crippen molar-refractivity contribution in [3.05, 3.63) is 24.5 Å². The fourth-order valence-electron chi connectivity index (χ4n) is 2.44. The van der Waals surface area contributed by atoms with E-state index in [4.69, 9.17) is 15.6 Å². The first-order valence-corrected chi connectivity index (χ1v) is 5.97. The molecule has 0 unspecified atom stereocenters. The average molecular weight is 265 g/mol. The van der Waals surface area contributed by atoms with Gasteiger partial charge in [-0.15, -0.1) is 0 Å². The van der Waals surface area contributed by atoms with Gasteiger partial charge in [0.1, 0.15) is 24.1 Å². The molecule has 2 aromatic rings. The lowest BCUT2D eigenvalue weighted by molar-refractivity contribution is -0.0506. The molecule has 0 amide bonds. The molecule has 0 bridgehead atoms. The molecule has 3 heterocycles. The number of fused-ring (bicyclic) bond motifs is 1. The van der Waals surface area contributed by atoms with E-state index in [0.29, 0.717) is 5.82 Å². The molecule has 102 valence electrons. The maximum absolute atomic E-state index is 10.0. The number of rotatable bonds is 2. The fraction of sp³-hybridized carbons (Fsp3) is 0.417. The van der Waals surface area contributed by atoms with Crippen LogP contribution in [0.2, 0.25) is 0 Å². The highest BCUT2D eigenvalue weighted by Gasteiger charge is 2.43. The third kappa shape index (κ3) is 1.79. The summed E-state index contributed by atoms with van der Waals surface area (Å²) >= 11 is 0. The topological polar surface area (TPSA) is 114 Å². The molecular formula is C12H15N3O4. The van der Waals surface area contributed by atoms with Gasteiger partial charge in [0.05, 0.1) is 12.1 Å². The van der Waals surface area contributed by atoms with Crippen molar-refractivity contribution >= 4 is 16.7 Å². The summed E-state index contributed by atoms with van der Waals surface area (Å²) in [6.45, 7) is -0.350. The van der Waals surface area contributed by atoms with E-state index in [1.54, 1.807) is 29.1 Å². The molecule has 7 nitrogen and oxygen atoms in total. The lowest BCUT2D eigenvalue weighted by atomic mass is 10.1. The summed E-state index contributed by atoms with van der Waals surface area (Å²) in [5.41, 5.74) is 6.52. The van der Waals surface area contributed by atoms with Crippen LogP contribution in [-0.4, -0.2) is 49.8 Å². The van der Waals surface area contributed by atoms with Crippen LogP contribution >= 0.6 is 0 Å². The summed E-state index contributed by atoms with van der Waals surface area (Å²) in [5, 5.41) is 29.6. The second kappa shape index (κ2) is 4.46. The normalized spacial score (nSPS) is 31.1. The number of hydrogen-bond donors (Lipinski definition) is 4. The minimum absolute atomic E-state index is 0.350. The van der Waals surface area contributed by atoms with Gasteiger partial charge in [-0.25, -0.2) is 4.98 Å². The maximum atomic E-state index is 10.0. The molecule has 3 rings (SSSR count). The summed E-state index contributed by atoms with van der Waals surface area (Å²) in [4.78, 5) is 3.98. The zero-order valence-electron chi connectivity index (χ0n) is 10.0. The van der Waals surface area contributed by atoms with Crippen molar-refractivity contribution in [1.82, 2.24) is 9.55 Å². The molecule has 1 saturated heterocycles.